The van der Waals surface area contributed by atoms with Gasteiger partial charge in [-0.15, -0.1) is 0 Å². The van der Waals surface area contributed by atoms with Crippen LogP contribution in [0.4, 0.5) is 0 Å². The maximum atomic E-state index is 8.67. The minimum absolute atomic E-state index is 0.264. The van der Waals surface area contributed by atoms with E-state index in [1.165, 1.54) is 0 Å². The van der Waals surface area contributed by atoms with Crippen molar-refractivity contribution in [3.8, 4) is 0 Å². The average Bonchev–Trinajstić information content (AvgIpc) is 2.34. The molecule has 0 aromatic heterocycles. The fraction of sp³-hybridized carbons (Fsp3) is 1.00. The van der Waals surface area contributed by atoms with Gasteiger partial charge in [0.05, 0.1) is 6.61 Å². The van der Waals surface area contributed by atoms with Crippen LogP contribution in [0.5, 0.6) is 0 Å². The van der Waals surface area contributed by atoms with Crippen molar-refractivity contribution >= 4 is 73.2 Å². The van der Waals surface area contributed by atoms with E-state index in [4.69, 9.17) is 5.11 Å². The quantitative estimate of drug-likeness (QED) is 0.320. The summed E-state index contributed by atoms with van der Waals surface area (Å²) >= 11 is 18.8. The Balaban J connectivity index is 3.45. The monoisotopic (exact) mass is 350 g/mol. The van der Waals surface area contributed by atoms with Gasteiger partial charge in [-0.25, -0.2) is 0 Å². The lowest BCUT2D eigenvalue weighted by molar-refractivity contribution is 0.322. The zero-order chi connectivity index (χ0) is 12.9. The molecule has 104 valence electrons. The van der Waals surface area contributed by atoms with E-state index in [0.717, 1.165) is 40.3 Å². The van der Waals surface area contributed by atoms with Crippen LogP contribution in [0.25, 0.3) is 0 Å². The number of aliphatic hydroxyl groups is 1. The van der Waals surface area contributed by atoms with Crippen molar-refractivity contribution in [1.82, 2.24) is 0 Å². The van der Waals surface area contributed by atoms with Crippen LogP contribution in [0.3, 0.4) is 0 Å². The second kappa shape index (κ2) is 14.5. The highest BCUT2D eigenvalue weighted by Crippen LogP contribution is 2.20. The molecular weight excluding hydrogens is 329 g/mol. The van der Waals surface area contributed by atoms with Gasteiger partial charge in [0.25, 0.3) is 0 Å². The van der Waals surface area contributed by atoms with Crippen LogP contribution < -0.4 is 0 Å². The predicted octanol–water partition coefficient (Wildman–Crippen LogP) is 2.70. The third kappa shape index (κ3) is 12.8. The Kier molecular flexibility index (Phi) is 16.2. The van der Waals surface area contributed by atoms with Crippen molar-refractivity contribution in [2.75, 3.05) is 46.9 Å². The molecule has 0 aliphatic heterocycles. The predicted molar refractivity (Wildman–Crippen MR) is 98.5 cm³/mol. The highest BCUT2D eigenvalue weighted by molar-refractivity contribution is 8.04. The minimum Gasteiger partial charge on any atom is -0.396 e. The number of aliphatic hydroxyl groups excluding tert-OH is 1. The molecule has 0 aromatic rings. The Labute approximate surface area is 135 Å². The summed E-state index contributed by atoms with van der Waals surface area (Å²) in [6, 6.07) is 0. The van der Waals surface area contributed by atoms with Crippen LogP contribution in [-0.2, 0) is 0 Å². The topological polar surface area (TPSA) is 20.2 Å². The summed E-state index contributed by atoms with van der Waals surface area (Å²) in [6.07, 6.45) is 0. The lowest BCUT2D eigenvalue weighted by Gasteiger charge is -2.15. The molecule has 0 rings (SSSR count). The molecule has 0 heterocycles. The van der Waals surface area contributed by atoms with Gasteiger partial charge in [-0.2, -0.15) is 73.2 Å². The van der Waals surface area contributed by atoms with E-state index in [9.17, 15) is 0 Å². The van der Waals surface area contributed by atoms with Gasteiger partial charge in [-0.05, 0) is 5.75 Å². The molecule has 17 heavy (non-hydrogen) atoms. The summed E-state index contributed by atoms with van der Waals surface area (Å²) < 4.78 is 0. The van der Waals surface area contributed by atoms with Crippen LogP contribution >= 0.6 is 73.2 Å². The SMILES string of the molecule is OCCSCC(S)CSCC(CS)SCCS. The summed E-state index contributed by atoms with van der Waals surface area (Å²) in [6.45, 7) is 0.264. The van der Waals surface area contributed by atoms with Crippen LogP contribution in [-0.4, -0.2) is 62.5 Å². The van der Waals surface area contributed by atoms with Crippen LogP contribution in [0.15, 0.2) is 0 Å². The Bertz CT molecular complexity index is 160. The Morgan fingerprint density at radius 1 is 1.00 bits per heavy atom. The smallest absolute Gasteiger partial charge is 0.0521 e. The van der Waals surface area contributed by atoms with Gasteiger partial charge >= 0.3 is 0 Å². The highest BCUT2D eigenvalue weighted by Gasteiger charge is 2.09. The zero-order valence-corrected chi connectivity index (χ0v) is 15.0. The molecule has 0 saturated carbocycles. The molecule has 0 aromatic carbocycles. The summed E-state index contributed by atoms with van der Waals surface area (Å²) in [4.78, 5) is 0. The second-order valence-electron chi connectivity index (χ2n) is 3.39. The van der Waals surface area contributed by atoms with Crippen molar-refractivity contribution in [3.05, 3.63) is 0 Å². The molecule has 0 radical (unpaired) electrons. The van der Waals surface area contributed by atoms with Gasteiger partial charge < -0.3 is 5.11 Å². The molecule has 2 atom stereocenters. The molecule has 0 spiro atoms. The molecule has 0 aliphatic carbocycles. The number of rotatable bonds is 12. The van der Waals surface area contributed by atoms with Crippen molar-refractivity contribution in [2.45, 2.75) is 10.5 Å². The first-order valence-corrected chi connectivity index (χ1v) is 10.7. The summed E-state index contributed by atoms with van der Waals surface area (Å²) in [5.74, 6) is 7.03. The Morgan fingerprint density at radius 2 is 1.71 bits per heavy atom. The highest BCUT2D eigenvalue weighted by atomic mass is 32.2. The van der Waals surface area contributed by atoms with E-state index in [2.05, 4.69) is 37.9 Å². The fourth-order valence-corrected chi connectivity index (χ4v) is 5.57. The lowest BCUT2D eigenvalue weighted by Crippen LogP contribution is -2.13. The molecule has 1 N–H and O–H groups in total. The third-order valence-electron chi connectivity index (χ3n) is 1.81. The lowest BCUT2D eigenvalue weighted by atomic mass is 10.5. The summed E-state index contributed by atoms with van der Waals surface area (Å²) in [5, 5.41) is 9.72. The first-order valence-electron chi connectivity index (χ1n) is 5.52. The largest absolute Gasteiger partial charge is 0.396 e. The fourth-order valence-electron chi connectivity index (χ4n) is 1.04. The Hall–Kier alpha value is 2.06. The molecule has 1 nitrogen and oxygen atoms in total. The Morgan fingerprint density at radius 3 is 2.29 bits per heavy atom. The van der Waals surface area contributed by atoms with Gasteiger partial charge in [-0.1, -0.05) is 0 Å². The first-order chi connectivity index (χ1) is 8.24. The van der Waals surface area contributed by atoms with E-state index in [1.807, 2.05) is 23.5 Å². The van der Waals surface area contributed by atoms with Gasteiger partial charge in [0.1, 0.15) is 0 Å². The van der Waals surface area contributed by atoms with Crippen molar-refractivity contribution in [3.63, 3.8) is 0 Å². The second-order valence-corrected chi connectivity index (χ2v) is 8.56. The maximum Gasteiger partial charge on any atom is 0.0521 e. The maximum absolute atomic E-state index is 8.67. The number of thioether (sulfide) groups is 3. The van der Waals surface area contributed by atoms with E-state index >= 15 is 0 Å². The normalized spacial score (nSPS) is 14.8. The van der Waals surface area contributed by atoms with Gasteiger partial charge in [0.2, 0.25) is 0 Å². The van der Waals surface area contributed by atoms with Gasteiger partial charge in [-0.3, -0.25) is 0 Å². The minimum atomic E-state index is 0.264. The number of hydrogen-bond acceptors (Lipinski definition) is 7. The molecule has 0 saturated heterocycles. The van der Waals surface area contributed by atoms with Crippen molar-refractivity contribution in [2.24, 2.45) is 0 Å². The van der Waals surface area contributed by atoms with E-state index in [1.54, 1.807) is 11.8 Å². The standard InChI is InChI=1S/C10H22OS6/c11-1-3-15-6-9(14)7-16-8-10(5-13)17-4-2-12/h9-14H,1-8H2. The molecular formula is C10H22OS6. The molecule has 0 fully saturated rings. The third-order valence-corrected chi connectivity index (χ3v) is 7.72. The molecule has 2 unspecified atom stereocenters. The molecule has 0 bridgehead atoms. The summed E-state index contributed by atoms with van der Waals surface area (Å²) in [5.41, 5.74) is 0. The molecule has 7 heteroatoms. The van der Waals surface area contributed by atoms with Gasteiger partial charge in [0.15, 0.2) is 0 Å². The van der Waals surface area contributed by atoms with Crippen molar-refractivity contribution in [1.29, 1.82) is 0 Å². The molecule has 0 amide bonds. The van der Waals surface area contributed by atoms with E-state index in [-0.39, 0.29) is 6.61 Å². The van der Waals surface area contributed by atoms with Crippen LogP contribution in [0, 0.1) is 0 Å². The first kappa shape index (κ1) is 19.1. The molecule has 0 aliphatic rings. The van der Waals surface area contributed by atoms with Crippen LogP contribution in [0.1, 0.15) is 0 Å². The van der Waals surface area contributed by atoms with Gasteiger partial charge in [0, 0.05) is 45.0 Å². The van der Waals surface area contributed by atoms with E-state index < -0.39 is 0 Å². The zero-order valence-electron chi connectivity index (χ0n) is 9.83. The van der Waals surface area contributed by atoms with Crippen molar-refractivity contribution < 1.29 is 5.11 Å². The summed E-state index contributed by atoms with van der Waals surface area (Å²) in [7, 11) is 0. The number of hydrogen-bond donors (Lipinski definition) is 4. The van der Waals surface area contributed by atoms with Crippen LogP contribution in [0.2, 0.25) is 0 Å². The van der Waals surface area contributed by atoms with E-state index in [0.29, 0.717) is 10.5 Å². The number of thiol groups is 3. The average molecular weight is 351 g/mol.